The Kier molecular flexibility index (Phi) is 0.640. The monoisotopic (exact) mass is 122 g/mol. The van der Waals surface area contributed by atoms with Crippen LogP contribution in [0.2, 0.25) is 0 Å². The van der Waals surface area contributed by atoms with Crippen LogP contribution in [0.25, 0.3) is 0 Å². The van der Waals surface area contributed by atoms with Crippen molar-refractivity contribution < 1.29 is 0 Å². The highest BCUT2D eigenvalue weighted by molar-refractivity contribution is 5.10. The van der Waals surface area contributed by atoms with Gasteiger partial charge in [0.1, 0.15) is 0 Å². The summed E-state index contributed by atoms with van der Waals surface area (Å²) in [6, 6.07) is 0. The summed E-state index contributed by atoms with van der Waals surface area (Å²) in [5.74, 6) is 5.95. The Labute approximate surface area is 56.6 Å². The van der Waals surface area contributed by atoms with E-state index in [0.29, 0.717) is 0 Å². The summed E-state index contributed by atoms with van der Waals surface area (Å²) in [5.41, 5.74) is 0. The van der Waals surface area contributed by atoms with E-state index >= 15 is 0 Å². The highest BCUT2D eigenvalue weighted by atomic mass is 14.7. The van der Waals surface area contributed by atoms with Crippen molar-refractivity contribution in [1.29, 1.82) is 0 Å². The topological polar surface area (TPSA) is 0 Å². The summed E-state index contributed by atoms with van der Waals surface area (Å²) < 4.78 is 0. The highest BCUT2D eigenvalue weighted by Gasteiger charge is 2.62. The van der Waals surface area contributed by atoms with Gasteiger partial charge in [-0.15, -0.1) is 0 Å². The fraction of sp³-hybridized carbons (Fsp3) is 1.00. The van der Waals surface area contributed by atoms with Gasteiger partial charge in [-0.1, -0.05) is 6.92 Å². The third kappa shape index (κ3) is 0.342. The van der Waals surface area contributed by atoms with Crippen molar-refractivity contribution in [3.05, 3.63) is 0 Å². The summed E-state index contributed by atoms with van der Waals surface area (Å²) in [6.07, 6.45) is 4.76. The molecule has 9 heavy (non-hydrogen) atoms. The van der Waals surface area contributed by atoms with E-state index in [1.54, 1.807) is 19.3 Å². The van der Waals surface area contributed by atoms with E-state index in [1.165, 1.54) is 23.7 Å². The van der Waals surface area contributed by atoms with E-state index in [9.17, 15) is 0 Å². The van der Waals surface area contributed by atoms with Gasteiger partial charge in [0.2, 0.25) is 0 Å². The van der Waals surface area contributed by atoms with Crippen LogP contribution >= 0.6 is 0 Å². The van der Waals surface area contributed by atoms with E-state index < -0.39 is 0 Å². The summed E-state index contributed by atoms with van der Waals surface area (Å²) in [7, 11) is 0. The Morgan fingerprint density at radius 2 is 1.67 bits per heavy atom. The van der Waals surface area contributed by atoms with Crippen LogP contribution in [0, 0.1) is 29.6 Å². The van der Waals surface area contributed by atoms with E-state index in [4.69, 9.17) is 0 Å². The second kappa shape index (κ2) is 1.21. The maximum atomic E-state index is 2.46. The van der Waals surface area contributed by atoms with Gasteiger partial charge in [0.25, 0.3) is 0 Å². The van der Waals surface area contributed by atoms with Gasteiger partial charge >= 0.3 is 0 Å². The number of rotatable bonds is 0. The van der Waals surface area contributed by atoms with Crippen molar-refractivity contribution in [2.24, 2.45) is 29.6 Å². The standard InChI is InChI=1S/C9H14/c1-5-4-8-6-2-3-7(8)9(5)6/h5-9H,2-4H2,1H3/t5-,6+,7?,8?,9?/m0/s1. The minimum Gasteiger partial charge on any atom is -0.0622 e. The predicted octanol–water partition coefficient (Wildman–Crippen LogP) is 2.30. The molecule has 5 atom stereocenters. The first-order valence-corrected chi connectivity index (χ1v) is 4.38. The molecule has 0 amide bonds. The van der Waals surface area contributed by atoms with Crippen molar-refractivity contribution in [1.82, 2.24) is 0 Å². The van der Waals surface area contributed by atoms with Crippen LogP contribution in [-0.4, -0.2) is 0 Å². The molecule has 5 aliphatic rings. The predicted molar refractivity (Wildman–Crippen MR) is 37.0 cm³/mol. The van der Waals surface area contributed by atoms with E-state index in [2.05, 4.69) is 6.92 Å². The lowest BCUT2D eigenvalue weighted by atomic mass is 9.70. The second-order valence-electron chi connectivity index (χ2n) is 4.36. The highest BCUT2D eigenvalue weighted by Crippen LogP contribution is 2.69. The maximum absolute atomic E-state index is 2.46. The average Bonchev–Trinajstić information content (AvgIpc) is 2.34. The fourth-order valence-electron chi connectivity index (χ4n) is 4.04. The minimum atomic E-state index is 1.10. The second-order valence-corrected chi connectivity index (χ2v) is 4.36. The lowest BCUT2D eigenvalue weighted by molar-refractivity contribution is 0.123. The molecule has 0 spiro atoms. The molecule has 0 nitrogen and oxygen atoms in total. The van der Waals surface area contributed by atoms with E-state index in [1.807, 2.05) is 0 Å². The summed E-state index contributed by atoms with van der Waals surface area (Å²) >= 11 is 0. The van der Waals surface area contributed by atoms with Gasteiger partial charge in [-0.2, -0.15) is 0 Å². The normalized spacial score (nSPS) is 68.3. The van der Waals surface area contributed by atoms with Crippen molar-refractivity contribution >= 4 is 0 Å². The molecule has 0 aliphatic heterocycles. The first kappa shape index (κ1) is 4.76. The number of fused-ring (bicyclic) bond motifs is 2. The molecule has 0 heterocycles. The van der Waals surface area contributed by atoms with Crippen LogP contribution in [0.5, 0.6) is 0 Å². The summed E-state index contributed by atoms with van der Waals surface area (Å²) in [5, 5.41) is 0. The molecule has 3 unspecified atom stereocenters. The maximum Gasteiger partial charge on any atom is -0.0326 e. The minimum absolute atomic E-state index is 1.10. The Balaban J connectivity index is 2.01. The molecule has 0 radical (unpaired) electrons. The first-order chi connectivity index (χ1) is 4.38. The Morgan fingerprint density at radius 3 is 2.00 bits per heavy atom. The van der Waals surface area contributed by atoms with Crippen LogP contribution in [0.3, 0.4) is 0 Å². The lowest BCUT2D eigenvalue weighted by Gasteiger charge is -2.35. The molecule has 5 fully saturated rings. The molecule has 0 aromatic heterocycles. The van der Waals surface area contributed by atoms with Crippen molar-refractivity contribution in [2.45, 2.75) is 26.2 Å². The van der Waals surface area contributed by atoms with Gasteiger partial charge in [0.05, 0.1) is 0 Å². The van der Waals surface area contributed by atoms with Crippen LogP contribution in [-0.2, 0) is 0 Å². The van der Waals surface area contributed by atoms with Gasteiger partial charge < -0.3 is 0 Å². The third-order valence-corrected chi connectivity index (χ3v) is 4.22. The van der Waals surface area contributed by atoms with E-state index in [0.717, 1.165) is 5.92 Å². The van der Waals surface area contributed by atoms with Gasteiger partial charge in [0.15, 0.2) is 0 Å². The molecular weight excluding hydrogens is 108 g/mol. The quantitative estimate of drug-likeness (QED) is 0.462. The average molecular weight is 122 g/mol. The molecule has 0 aromatic carbocycles. The van der Waals surface area contributed by atoms with Crippen LogP contribution < -0.4 is 0 Å². The molecule has 5 rings (SSSR count). The van der Waals surface area contributed by atoms with Crippen LogP contribution in [0.1, 0.15) is 26.2 Å². The zero-order valence-corrected chi connectivity index (χ0v) is 6.01. The smallest absolute Gasteiger partial charge is 0.0326 e. The summed E-state index contributed by atoms with van der Waals surface area (Å²) in [6.45, 7) is 2.46. The lowest BCUT2D eigenvalue weighted by Crippen LogP contribution is -2.31. The van der Waals surface area contributed by atoms with Gasteiger partial charge in [-0.3, -0.25) is 0 Å². The zero-order valence-electron chi connectivity index (χ0n) is 6.01. The van der Waals surface area contributed by atoms with Gasteiger partial charge in [-0.25, -0.2) is 0 Å². The molecular formula is C9H14. The van der Waals surface area contributed by atoms with Crippen LogP contribution in [0.4, 0.5) is 0 Å². The molecule has 0 aromatic rings. The third-order valence-electron chi connectivity index (χ3n) is 4.22. The zero-order chi connectivity index (χ0) is 6.01. The Morgan fingerprint density at radius 1 is 1.00 bits per heavy atom. The number of hydrogen-bond donors (Lipinski definition) is 0. The number of hydrogen-bond acceptors (Lipinski definition) is 0. The largest absolute Gasteiger partial charge is 0.0622 e. The first-order valence-electron chi connectivity index (χ1n) is 4.38. The summed E-state index contributed by atoms with van der Waals surface area (Å²) in [4.78, 5) is 0. The van der Waals surface area contributed by atoms with Gasteiger partial charge in [-0.05, 0) is 48.9 Å². The van der Waals surface area contributed by atoms with Crippen molar-refractivity contribution in [2.75, 3.05) is 0 Å². The molecule has 0 heteroatoms. The molecule has 4 bridgehead atoms. The van der Waals surface area contributed by atoms with Crippen molar-refractivity contribution in [3.63, 3.8) is 0 Å². The van der Waals surface area contributed by atoms with Crippen molar-refractivity contribution in [3.8, 4) is 0 Å². The van der Waals surface area contributed by atoms with Crippen LogP contribution in [0.15, 0.2) is 0 Å². The molecule has 50 valence electrons. The molecule has 0 saturated heterocycles. The Bertz CT molecular complexity index is 138. The molecule has 5 saturated carbocycles. The fourth-order valence-corrected chi connectivity index (χ4v) is 4.04. The Hall–Kier alpha value is 0. The molecule has 5 aliphatic carbocycles. The SMILES string of the molecule is C[C@H]1CC2C3CC[C@H]2C31. The van der Waals surface area contributed by atoms with E-state index in [-0.39, 0.29) is 0 Å². The van der Waals surface area contributed by atoms with Gasteiger partial charge in [0, 0.05) is 0 Å². The molecule has 0 N–H and O–H groups in total.